The molecule has 2 aromatic carbocycles. The zero-order valence-corrected chi connectivity index (χ0v) is 17.6. The van der Waals surface area contributed by atoms with Gasteiger partial charge in [-0.1, -0.05) is 54.6 Å². The molecule has 0 saturated carbocycles. The monoisotopic (exact) mass is 386 g/mol. The van der Waals surface area contributed by atoms with Crippen LogP contribution in [0.1, 0.15) is 30.1 Å². The van der Waals surface area contributed by atoms with Crippen molar-refractivity contribution in [3.63, 3.8) is 0 Å². The second-order valence-corrected chi connectivity index (χ2v) is 8.26. The first kappa shape index (κ1) is 19.8. The van der Waals surface area contributed by atoms with Gasteiger partial charge < -0.3 is 9.64 Å². The second-order valence-electron chi connectivity index (χ2n) is 8.26. The van der Waals surface area contributed by atoms with Gasteiger partial charge in [0.1, 0.15) is 0 Å². The van der Waals surface area contributed by atoms with Crippen molar-refractivity contribution in [3.05, 3.63) is 78.0 Å². The van der Waals surface area contributed by atoms with Gasteiger partial charge in [0, 0.05) is 24.4 Å². The molecule has 1 aliphatic carbocycles. The van der Waals surface area contributed by atoms with Crippen LogP contribution < -0.4 is 0 Å². The third-order valence-corrected chi connectivity index (χ3v) is 6.03. The highest BCUT2D eigenvalue weighted by Gasteiger charge is 2.29. The third kappa shape index (κ3) is 4.42. The summed E-state index contributed by atoms with van der Waals surface area (Å²) in [6.07, 6.45) is 5.68. The highest BCUT2D eigenvalue weighted by Crippen LogP contribution is 2.40. The summed E-state index contributed by atoms with van der Waals surface area (Å²) in [4.78, 5) is 6.95. The molecule has 1 aromatic heterocycles. The molecule has 0 amide bonds. The van der Waals surface area contributed by atoms with Gasteiger partial charge in [0.15, 0.2) is 0 Å². The number of fused-ring (bicyclic) bond motifs is 1. The summed E-state index contributed by atoms with van der Waals surface area (Å²) in [6, 6.07) is 21.4. The maximum absolute atomic E-state index is 5.94. The van der Waals surface area contributed by atoms with E-state index in [1.54, 1.807) is 0 Å². The summed E-state index contributed by atoms with van der Waals surface area (Å²) in [6.45, 7) is 1.11. The van der Waals surface area contributed by atoms with E-state index < -0.39 is 0 Å². The summed E-state index contributed by atoms with van der Waals surface area (Å²) in [5.74, 6) is 0.590. The fraction of sp³-hybridized carbons (Fsp3) is 0.346. The van der Waals surface area contributed by atoms with Crippen molar-refractivity contribution in [2.24, 2.45) is 5.92 Å². The summed E-state index contributed by atoms with van der Waals surface area (Å²) in [7, 11) is 6.13. The first-order valence-electron chi connectivity index (χ1n) is 10.5. The van der Waals surface area contributed by atoms with E-state index in [2.05, 4.69) is 61.5 Å². The lowest BCUT2D eigenvalue weighted by atomic mass is 9.79. The molecular formula is C26H30N2O. The van der Waals surface area contributed by atoms with Gasteiger partial charge in [-0.2, -0.15) is 0 Å². The molecule has 29 heavy (non-hydrogen) atoms. The van der Waals surface area contributed by atoms with Gasteiger partial charge in [-0.05, 0) is 68.6 Å². The van der Waals surface area contributed by atoms with Crippen LogP contribution in [0, 0.1) is 5.92 Å². The number of rotatable bonds is 6. The van der Waals surface area contributed by atoms with Crippen LogP contribution >= 0.6 is 0 Å². The standard InChI is InChI=1S/C26H30N2O/c1-28(2)16-15-20-9-10-22-17-21(11-13-24(22)26(20)29-3)23-12-14-25(27-18-23)19-7-5-4-6-8-19/h4-8,11-14,17-18,20,26H,9-10,15-16H2,1-3H3. The predicted octanol–water partition coefficient (Wildman–Crippen LogP) is 5.62. The molecule has 2 atom stereocenters. The van der Waals surface area contributed by atoms with E-state index >= 15 is 0 Å². The van der Waals surface area contributed by atoms with E-state index in [4.69, 9.17) is 9.72 Å². The number of hydrogen-bond donors (Lipinski definition) is 0. The minimum absolute atomic E-state index is 0.200. The van der Waals surface area contributed by atoms with Gasteiger partial charge >= 0.3 is 0 Å². The lowest BCUT2D eigenvalue weighted by Crippen LogP contribution is -2.26. The average Bonchev–Trinajstić information content (AvgIpc) is 2.77. The molecule has 3 heteroatoms. The second kappa shape index (κ2) is 8.89. The van der Waals surface area contributed by atoms with Crippen LogP contribution in [0.2, 0.25) is 0 Å². The Morgan fingerprint density at radius 3 is 2.45 bits per heavy atom. The Morgan fingerprint density at radius 2 is 1.76 bits per heavy atom. The Hall–Kier alpha value is -2.49. The number of methoxy groups -OCH3 is 1. The number of nitrogens with zero attached hydrogens (tertiary/aromatic N) is 2. The molecule has 3 nitrogen and oxygen atoms in total. The van der Waals surface area contributed by atoms with Crippen molar-refractivity contribution in [1.82, 2.24) is 9.88 Å². The van der Waals surface area contributed by atoms with E-state index in [9.17, 15) is 0 Å². The van der Waals surface area contributed by atoms with Gasteiger partial charge in [0.05, 0.1) is 11.8 Å². The average molecular weight is 387 g/mol. The van der Waals surface area contributed by atoms with Gasteiger partial charge in [-0.25, -0.2) is 0 Å². The van der Waals surface area contributed by atoms with Crippen molar-refractivity contribution in [1.29, 1.82) is 0 Å². The van der Waals surface area contributed by atoms with E-state index in [-0.39, 0.29) is 6.10 Å². The maximum Gasteiger partial charge on any atom is 0.0852 e. The van der Waals surface area contributed by atoms with Crippen molar-refractivity contribution < 1.29 is 4.74 Å². The molecule has 0 spiro atoms. The number of benzene rings is 2. The van der Waals surface area contributed by atoms with Crippen LogP contribution in [0.25, 0.3) is 22.4 Å². The molecule has 0 fully saturated rings. The van der Waals surface area contributed by atoms with E-state index in [1.807, 2.05) is 31.5 Å². The molecule has 1 aliphatic rings. The predicted molar refractivity (Wildman–Crippen MR) is 120 cm³/mol. The van der Waals surface area contributed by atoms with Crippen LogP contribution in [-0.4, -0.2) is 37.6 Å². The molecule has 2 unspecified atom stereocenters. The summed E-state index contributed by atoms with van der Waals surface area (Å²) < 4.78 is 5.94. The molecular weight excluding hydrogens is 356 g/mol. The van der Waals surface area contributed by atoms with Gasteiger partial charge in [-0.15, -0.1) is 0 Å². The lowest BCUT2D eigenvalue weighted by molar-refractivity contribution is 0.0343. The fourth-order valence-corrected chi connectivity index (χ4v) is 4.41. The van der Waals surface area contributed by atoms with Crippen LogP contribution in [0.15, 0.2) is 66.9 Å². The number of pyridine rings is 1. The fourth-order valence-electron chi connectivity index (χ4n) is 4.41. The molecule has 0 bridgehead atoms. The Labute approximate surface area is 174 Å². The summed E-state index contributed by atoms with van der Waals surface area (Å²) in [5.41, 5.74) is 7.34. The zero-order valence-electron chi connectivity index (χ0n) is 17.6. The van der Waals surface area contributed by atoms with Crippen LogP contribution in [0.4, 0.5) is 0 Å². The minimum Gasteiger partial charge on any atom is -0.376 e. The molecule has 0 saturated heterocycles. The number of aryl methyl sites for hydroxylation is 1. The normalized spacial score (nSPS) is 18.6. The molecule has 0 radical (unpaired) electrons. The first-order valence-corrected chi connectivity index (χ1v) is 10.5. The first-order chi connectivity index (χ1) is 14.2. The van der Waals surface area contributed by atoms with Crippen LogP contribution in [-0.2, 0) is 11.2 Å². The topological polar surface area (TPSA) is 25.4 Å². The van der Waals surface area contributed by atoms with E-state index in [0.29, 0.717) is 5.92 Å². The van der Waals surface area contributed by atoms with Gasteiger partial charge in [-0.3, -0.25) is 4.98 Å². The number of hydrogen-bond acceptors (Lipinski definition) is 3. The van der Waals surface area contributed by atoms with Gasteiger partial charge in [0.25, 0.3) is 0 Å². The van der Waals surface area contributed by atoms with E-state index in [1.165, 1.54) is 29.5 Å². The highest BCUT2D eigenvalue weighted by atomic mass is 16.5. The summed E-state index contributed by atoms with van der Waals surface area (Å²) >= 11 is 0. The Bertz CT molecular complexity index is 935. The van der Waals surface area contributed by atoms with Crippen LogP contribution in [0.3, 0.4) is 0 Å². The molecule has 1 heterocycles. The zero-order chi connectivity index (χ0) is 20.2. The Kier molecular flexibility index (Phi) is 6.08. The largest absolute Gasteiger partial charge is 0.376 e. The lowest BCUT2D eigenvalue weighted by Gasteiger charge is -2.33. The number of ether oxygens (including phenoxy) is 1. The summed E-state index contributed by atoms with van der Waals surface area (Å²) in [5, 5.41) is 0. The number of aromatic nitrogens is 1. The molecule has 0 N–H and O–H groups in total. The quantitative estimate of drug-likeness (QED) is 0.550. The smallest absolute Gasteiger partial charge is 0.0852 e. The SMILES string of the molecule is COC1c2ccc(-c3ccc(-c4ccccc4)nc3)cc2CCC1CCN(C)C. The Balaban J connectivity index is 1.56. The van der Waals surface area contributed by atoms with Crippen LogP contribution in [0.5, 0.6) is 0 Å². The van der Waals surface area contributed by atoms with Crippen molar-refractivity contribution in [2.75, 3.05) is 27.7 Å². The van der Waals surface area contributed by atoms with Crippen molar-refractivity contribution in [2.45, 2.75) is 25.4 Å². The minimum atomic E-state index is 0.200. The van der Waals surface area contributed by atoms with Gasteiger partial charge in [0.2, 0.25) is 0 Å². The maximum atomic E-state index is 5.94. The molecule has 150 valence electrons. The van der Waals surface area contributed by atoms with E-state index in [0.717, 1.165) is 29.8 Å². The van der Waals surface area contributed by atoms with Crippen molar-refractivity contribution in [3.8, 4) is 22.4 Å². The third-order valence-electron chi connectivity index (χ3n) is 6.03. The highest BCUT2D eigenvalue weighted by molar-refractivity contribution is 5.68. The van der Waals surface area contributed by atoms with Crippen molar-refractivity contribution >= 4 is 0 Å². The molecule has 3 aromatic rings. The molecule has 4 rings (SSSR count). The Morgan fingerprint density at radius 1 is 0.966 bits per heavy atom. The molecule has 0 aliphatic heterocycles.